The molecule has 0 spiro atoms. The predicted octanol–water partition coefficient (Wildman–Crippen LogP) is 5.59. The largest absolute Gasteiger partial charge is 0.494 e. The number of benzene rings is 2. The van der Waals surface area contributed by atoms with Gasteiger partial charge in [0.15, 0.2) is 5.17 Å². The Morgan fingerprint density at radius 2 is 2.00 bits per heavy atom. The van der Waals surface area contributed by atoms with Crippen molar-refractivity contribution in [3.8, 4) is 5.75 Å². The number of thioether (sulfide) groups is 1. The first-order valence-corrected chi connectivity index (χ1v) is 11.7. The Morgan fingerprint density at radius 3 is 2.85 bits per heavy atom. The smallest absolute Gasteiger partial charge is 0.283 e. The molecule has 0 saturated carbocycles. The number of amides is 1. The maximum atomic E-state index is 12.7. The van der Waals surface area contributed by atoms with Gasteiger partial charge in [-0.1, -0.05) is 42.1 Å². The lowest BCUT2D eigenvalue weighted by Gasteiger charge is -2.22. The molecule has 2 aliphatic heterocycles. The molecule has 1 aromatic heterocycles. The number of aliphatic imine (C=N–C) groups is 1. The van der Waals surface area contributed by atoms with Gasteiger partial charge in [-0.3, -0.25) is 15.1 Å². The second-order valence-electron chi connectivity index (χ2n) is 8.13. The highest BCUT2D eigenvalue weighted by molar-refractivity contribution is 8.17. The monoisotopic (exact) mass is 456 g/mol. The fourth-order valence-electron chi connectivity index (χ4n) is 4.06. The van der Waals surface area contributed by atoms with E-state index >= 15 is 0 Å². The van der Waals surface area contributed by atoms with Gasteiger partial charge in [-0.05, 0) is 50.1 Å². The van der Waals surface area contributed by atoms with Gasteiger partial charge in [-0.15, -0.1) is 0 Å². The van der Waals surface area contributed by atoms with E-state index in [1.165, 1.54) is 17.3 Å². The third-order valence-corrected chi connectivity index (χ3v) is 6.51. The molecule has 1 amide bonds. The molecular formula is C26H24N4O2S. The average Bonchev–Trinajstić information content (AvgIpc) is 3.34. The second kappa shape index (κ2) is 8.75. The fourth-order valence-corrected chi connectivity index (χ4v) is 4.88. The molecule has 166 valence electrons. The van der Waals surface area contributed by atoms with Crippen LogP contribution >= 0.6 is 11.8 Å². The van der Waals surface area contributed by atoms with Crippen molar-refractivity contribution in [1.82, 2.24) is 9.47 Å². The third-order valence-electron chi connectivity index (χ3n) is 5.61. The minimum atomic E-state index is -0.370. The number of ether oxygens (including phenoxy) is 1. The molecule has 0 atom stereocenters. The number of fused-ring (bicyclic) bond motifs is 2. The van der Waals surface area contributed by atoms with Crippen molar-refractivity contribution in [2.75, 3.05) is 6.61 Å². The second-order valence-corrected chi connectivity index (χ2v) is 9.34. The normalized spacial score (nSPS) is 16.9. The molecule has 5 rings (SSSR count). The van der Waals surface area contributed by atoms with Crippen LogP contribution in [0.5, 0.6) is 5.75 Å². The summed E-state index contributed by atoms with van der Waals surface area (Å²) in [5, 5.41) is 10.2. The number of para-hydroxylation sites is 1. The van der Waals surface area contributed by atoms with E-state index in [0.717, 1.165) is 40.1 Å². The summed E-state index contributed by atoms with van der Waals surface area (Å²) in [4.78, 5) is 19.6. The van der Waals surface area contributed by atoms with Gasteiger partial charge in [0.2, 0.25) is 0 Å². The number of aryl methyl sites for hydroxylation is 2. The molecule has 0 fully saturated rings. The fraction of sp³-hybridized carbons (Fsp3) is 0.192. The number of allylic oxidation sites excluding steroid dienone is 1. The molecule has 0 bridgehead atoms. The van der Waals surface area contributed by atoms with Crippen LogP contribution in [-0.4, -0.2) is 33.0 Å². The van der Waals surface area contributed by atoms with Gasteiger partial charge in [-0.2, -0.15) is 4.99 Å². The first-order valence-electron chi connectivity index (χ1n) is 10.9. The molecule has 6 nitrogen and oxygen atoms in total. The Bertz CT molecular complexity index is 1370. The van der Waals surface area contributed by atoms with Crippen LogP contribution in [0.1, 0.15) is 24.5 Å². The molecule has 0 saturated heterocycles. The zero-order valence-electron chi connectivity index (χ0n) is 18.5. The van der Waals surface area contributed by atoms with Crippen LogP contribution in [0.25, 0.3) is 17.0 Å². The average molecular weight is 457 g/mol. The lowest BCUT2D eigenvalue weighted by Crippen LogP contribution is -2.35. The zero-order valence-corrected chi connectivity index (χ0v) is 19.4. The van der Waals surface area contributed by atoms with Crippen LogP contribution in [0.4, 0.5) is 0 Å². The first kappa shape index (κ1) is 21.3. The standard InChI is InChI=1S/C26H24N4O2S/c1-17-7-5-8-20(13-17)32-12-6-11-29-16-19(21-9-3-4-10-23(21)29)14-22-24(27)30-15-18(2)33-26(30)28-25(22)31/h3-5,7-10,13-16,27H,6,11-12H2,1-2H3/b22-14-,27-24?. The minimum absolute atomic E-state index is 0.165. The highest BCUT2D eigenvalue weighted by Crippen LogP contribution is 2.33. The molecule has 0 radical (unpaired) electrons. The van der Waals surface area contributed by atoms with E-state index in [-0.39, 0.29) is 11.7 Å². The van der Waals surface area contributed by atoms with Crippen LogP contribution in [0.3, 0.4) is 0 Å². The number of aromatic nitrogens is 1. The van der Waals surface area contributed by atoms with E-state index in [4.69, 9.17) is 10.1 Å². The molecule has 3 heterocycles. The number of nitrogens with one attached hydrogen (secondary N) is 1. The summed E-state index contributed by atoms with van der Waals surface area (Å²) < 4.78 is 8.08. The highest BCUT2D eigenvalue weighted by atomic mass is 32.2. The van der Waals surface area contributed by atoms with Gasteiger partial charge in [0.1, 0.15) is 11.6 Å². The number of amidine groups is 2. The van der Waals surface area contributed by atoms with E-state index in [9.17, 15) is 4.79 Å². The van der Waals surface area contributed by atoms with Gasteiger partial charge in [-0.25, -0.2) is 0 Å². The summed E-state index contributed by atoms with van der Waals surface area (Å²) in [6, 6.07) is 16.2. The Hall–Kier alpha value is -3.58. The molecule has 2 aromatic carbocycles. The van der Waals surface area contributed by atoms with E-state index < -0.39 is 0 Å². The maximum Gasteiger partial charge on any atom is 0.283 e. The Morgan fingerprint density at radius 1 is 1.15 bits per heavy atom. The zero-order chi connectivity index (χ0) is 22.9. The van der Waals surface area contributed by atoms with Crippen LogP contribution < -0.4 is 4.74 Å². The first-order chi connectivity index (χ1) is 16.0. The van der Waals surface area contributed by atoms with Gasteiger partial charge in [0.05, 0.1) is 12.2 Å². The summed E-state index contributed by atoms with van der Waals surface area (Å²) in [6.45, 7) is 5.40. The lowest BCUT2D eigenvalue weighted by atomic mass is 10.1. The molecule has 3 aromatic rings. The molecule has 2 aliphatic rings. The third kappa shape index (κ3) is 4.24. The Balaban J connectivity index is 1.38. The van der Waals surface area contributed by atoms with Crippen molar-refractivity contribution in [3.63, 3.8) is 0 Å². The summed E-state index contributed by atoms with van der Waals surface area (Å²) in [5.74, 6) is 0.680. The quantitative estimate of drug-likeness (QED) is 0.388. The number of carbonyl (C=O) groups excluding carboxylic acids is 1. The van der Waals surface area contributed by atoms with Crippen molar-refractivity contribution < 1.29 is 9.53 Å². The van der Waals surface area contributed by atoms with Crippen LogP contribution in [-0.2, 0) is 11.3 Å². The van der Waals surface area contributed by atoms with Crippen LogP contribution in [0.15, 0.2) is 76.4 Å². The summed E-state index contributed by atoms with van der Waals surface area (Å²) in [6.07, 6.45) is 6.53. The summed E-state index contributed by atoms with van der Waals surface area (Å²) >= 11 is 1.41. The lowest BCUT2D eigenvalue weighted by molar-refractivity contribution is -0.114. The molecule has 1 N–H and O–H groups in total. The summed E-state index contributed by atoms with van der Waals surface area (Å²) in [5.41, 5.74) is 3.48. The Labute approximate surface area is 196 Å². The molecule has 0 unspecified atom stereocenters. The van der Waals surface area contributed by atoms with Gasteiger partial charge < -0.3 is 9.30 Å². The highest BCUT2D eigenvalue weighted by Gasteiger charge is 2.33. The van der Waals surface area contributed by atoms with Crippen molar-refractivity contribution in [2.24, 2.45) is 4.99 Å². The number of rotatable bonds is 6. The van der Waals surface area contributed by atoms with E-state index in [2.05, 4.69) is 28.6 Å². The number of hydrogen-bond acceptors (Lipinski definition) is 4. The summed E-state index contributed by atoms with van der Waals surface area (Å²) in [7, 11) is 0. The molecule has 0 aliphatic carbocycles. The maximum absolute atomic E-state index is 12.7. The van der Waals surface area contributed by atoms with E-state index in [1.807, 2.05) is 55.7 Å². The molecule has 33 heavy (non-hydrogen) atoms. The molecular weight excluding hydrogens is 432 g/mol. The van der Waals surface area contributed by atoms with Crippen molar-refractivity contribution in [1.29, 1.82) is 5.41 Å². The van der Waals surface area contributed by atoms with Gasteiger partial charge in [0, 0.05) is 40.3 Å². The molecule has 7 heteroatoms. The number of nitrogens with zero attached hydrogens (tertiary/aromatic N) is 3. The van der Waals surface area contributed by atoms with E-state index in [0.29, 0.717) is 17.3 Å². The van der Waals surface area contributed by atoms with Gasteiger partial charge >= 0.3 is 0 Å². The minimum Gasteiger partial charge on any atom is -0.494 e. The van der Waals surface area contributed by atoms with E-state index in [1.54, 1.807) is 11.0 Å². The SMILES string of the molecule is CC1=CN2C(=N)/C(=C/c3cn(CCCOc4cccc(C)c4)c4ccccc34)C(=O)N=C2S1. The van der Waals surface area contributed by atoms with Crippen molar-refractivity contribution in [3.05, 3.63) is 82.5 Å². The van der Waals surface area contributed by atoms with Crippen LogP contribution in [0.2, 0.25) is 0 Å². The van der Waals surface area contributed by atoms with Crippen molar-refractivity contribution >= 4 is 45.7 Å². The predicted molar refractivity (Wildman–Crippen MR) is 135 cm³/mol. The number of hydrogen-bond donors (Lipinski definition) is 1. The Kier molecular flexibility index (Phi) is 5.64. The topological polar surface area (TPSA) is 70.7 Å². The number of carbonyl (C=O) groups is 1. The van der Waals surface area contributed by atoms with Crippen molar-refractivity contribution in [2.45, 2.75) is 26.8 Å². The van der Waals surface area contributed by atoms with Gasteiger partial charge in [0.25, 0.3) is 5.91 Å². The van der Waals surface area contributed by atoms with Crippen LogP contribution in [0, 0.1) is 12.3 Å².